The molecule has 2 N–H and O–H groups in total. The van der Waals surface area contributed by atoms with Crippen molar-refractivity contribution in [1.29, 1.82) is 0 Å². The third-order valence-corrected chi connectivity index (χ3v) is 5.48. The van der Waals surface area contributed by atoms with E-state index in [9.17, 15) is 9.59 Å². The molecule has 2 saturated carbocycles. The van der Waals surface area contributed by atoms with E-state index in [2.05, 4.69) is 10.6 Å². The van der Waals surface area contributed by atoms with Crippen molar-refractivity contribution in [2.45, 2.75) is 58.5 Å². The summed E-state index contributed by atoms with van der Waals surface area (Å²) >= 11 is 0. The van der Waals surface area contributed by atoms with Gasteiger partial charge in [0.15, 0.2) is 0 Å². The SMILES string of the molecule is Cc1cccc(C(=O)N[C@H](C(=O)NC2[C@H]3CCCC[C@H]23)C(C)C)c1. The highest BCUT2D eigenvalue weighted by molar-refractivity contribution is 5.97. The molecule has 0 aliphatic heterocycles. The second-order valence-corrected chi connectivity index (χ2v) is 7.71. The van der Waals surface area contributed by atoms with Crippen LogP contribution in [0.25, 0.3) is 0 Å². The summed E-state index contributed by atoms with van der Waals surface area (Å²) in [6.45, 7) is 5.90. The van der Waals surface area contributed by atoms with Crippen LogP contribution in [-0.2, 0) is 4.79 Å². The van der Waals surface area contributed by atoms with E-state index < -0.39 is 6.04 Å². The predicted octanol–water partition coefficient (Wildman–Crippen LogP) is 3.05. The third-order valence-electron chi connectivity index (χ3n) is 5.48. The summed E-state index contributed by atoms with van der Waals surface area (Å²) in [6, 6.07) is 7.30. The molecule has 0 heterocycles. The standard InChI is InChI=1S/C20H28N2O2/c1-12(2)17(21-19(23)14-8-6-7-13(3)11-14)20(24)22-18-15-9-4-5-10-16(15)18/h6-8,11-12,15-18H,4-5,9-10H2,1-3H3,(H,21,23)(H,22,24)/t15-,16-,17-/m0/s1. The van der Waals surface area contributed by atoms with E-state index in [1.54, 1.807) is 6.07 Å². The van der Waals surface area contributed by atoms with Crippen molar-refractivity contribution >= 4 is 11.8 Å². The van der Waals surface area contributed by atoms with Gasteiger partial charge in [0.05, 0.1) is 0 Å². The fraction of sp³-hybridized carbons (Fsp3) is 0.600. The summed E-state index contributed by atoms with van der Waals surface area (Å²) in [7, 11) is 0. The van der Waals surface area contributed by atoms with Crippen molar-refractivity contribution in [3.8, 4) is 0 Å². The van der Waals surface area contributed by atoms with Gasteiger partial charge in [-0.15, -0.1) is 0 Å². The quantitative estimate of drug-likeness (QED) is 0.873. The van der Waals surface area contributed by atoms with E-state index in [1.165, 1.54) is 25.7 Å². The van der Waals surface area contributed by atoms with Gasteiger partial charge >= 0.3 is 0 Å². The topological polar surface area (TPSA) is 58.2 Å². The molecular weight excluding hydrogens is 300 g/mol. The Bertz CT molecular complexity index is 614. The Morgan fingerprint density at radius 3 is 2.38 bits per heavy atom. The molecule has 1 aromatic carbocycles. The molecule has 2 aliphatic rings. The lowest BCUT2D eigenvalue weighted by Crippen LogP contribution is -2.50. The first-order valence-corrected chi connectivity index (χ1v) is 9.15. The lowest BCUT2D eigenvalue weighted by atomic mass is 10.0. The fourth-order valence-corrected chi connectivity index (χ4v) is 4.01. The average Bonchev–Trinajstić information content (AvgIpc) is 3.25. The van der Waals surface area contributed by atoms with Gasteiger partial charge in [0.2, 0.25) is 5.91 Å². The van der Waals surface area contributed by atoms with Crippen LogP contribution < -0.4 is 10.6 Å². The third kappa shape index (κ3) is 3.63. The number of carbonyl (C=O) groups is 2. The van der Waals surface area contributed by atoms with Crippen molar-refractivity contribution in [3.05, 3.63) is 35.4 Å². The molecule has 2 amide bonds. The number of carbonyl (C=O) groups excluding carboxylic acids is 2. The molecule has 0 spiro atoms. The number of benzene rings is 1. The Morgan fingerprint density at radius 2 is 1.79 bits per heavy atom. The highest BCUT2D eigenvalue weighted by Gasteiger charge is 2.51. The van der Waals surface area contributed by atoms with Crippen molar-refractivity contribution in [2.24, 2.45) is 17.8 Å². The van der Waals surface area contributed by atoms with E-state index in [0.29, 0.717) is 23.4 Å². The molecule has 1 aromatic rings. The number of hydrogen-bond donors (Lipinski definition) is 2. The highest BCUT2D eigenvalue weighted by atomic mass is 16.2. The fourth-order valence-electron chi connectivity index (χ4n) is 4.01. The van der Waals surface area contributed by atoms with E-state index in [-0.39, 0.29) is 17.7 Å². The van der Waals surface area contributed by atoms with Crippen molar-refractivity contribution in [2.75, 3.05) is 0 Å². The van der Waals surface area contributed by atoms with Gasteiger partial charge in [-0.25, -0.2) is 0 Å². The van der Waals surface area contributed by atoms with Crippen molar-refractivity contribution in [1.82, 2.24) is 10.6 Å². The van der Waals surface area contributed by atoms with Crippen LogP contribution in [0, 0.1) is 24.7 Å². The largest absolute Gasteiger partial charge is 0.351 e. The number of fused-ring (bicyclic) bond motifs is 1. The first-order chi connectivity index (χ1) is 11.5. The maximum absolute atomic E-state index is 12.7. The van der Waals surface area contributed by atoms with Gasteiger partial charge in [0, 0.05) is 11.6 Å². The minimum Gasteiger partial charge on any atom is -0.351 e. The number of nitrogens with one attached hydrogen (secondary N) is 2. The maximum atomic E-state index is 12.7. The molecule has 0 aromatic heterocycles. The van der Waals surface area contributed by atoms with Crippen LogP contribution in [-0.4, -0.2) is 23.9 Å². The molecule has 3 atom stereocenters. The Kier molecular flexibility index (Phi) is 4.93. The molecular formula is C20H28N2O2. The molecule has 2 fully saturated rings. The zero-order valence-electron chi connectivity index (χ0n) is 14.8. The van der Waals surface area contributed by atoms with Gasteiger partial charge in [-0.1, -0.05) is 44.4 Å². The Balaban J connectivity index is 1.62. The average molecular weight is 328 g/mol. The zero-order chi connectivity index (χ0) is 17.3. The van der Waals surface area contributed by atoms with Crippen molar-refractivity contribution in [3.63, 3.8) is 0 Å². The summed E-state index contributed by atoms with van der Waals surface area (Å²) in [5.74, 6) is 1.18. The number of aryl methyl sites for hydroxylation is 1. The molecule has 130 valence electrons. The number of amides is 2. The maximum Gasteiger partial charge on any atom is 0.251 e. The first kappa shape index (κ1) is 17.0. The summed E-state index contributed by atoms with van der Waals surface area (Å²) in [5, 5.41) is 6.12. The summed E-state index contributed by atoms with van der Waals surface area (Å²) < 4.78 is 0. The molecule has 24 heavy (non-hydrogen) atoms. The van der Waals surface area contributed by atoms with Gasteiger partial charge in [0.1, 0.15) is 6.04 Å². The monoisotopic (exact) mass is 328 g/mol. The summed E-state index contributed by atoms with van der Waals surface area (Å²) in [5.41, 5.74) is 1.64. The molecule has 0 saturated heterocycles. The minimum atomic E-state index is -0.485. The zero-order valence-corrected chi connectivity index (χ0v) is 14.8. The highest BCUT2D eigenvalue weighted by Crippen LogP contribution is 2.49. The van der Waals surface area contributed by atoms with E-state index in [1.807, 2.05) is 39.0 Å². The Labute approximate surface area is 144 Å². The van der Waals surface area contributed by atoms with Crippen LogP contribution in [0.2, 0.25) is 0 Å². The van der Waals surface area contributed by atoms with Gasteiger partial charge in [0.25, 0.3) is 5.91 Å². The Hall–Kier alpha value is -1.84. The lowest BCUT2D eigenvalue weighted by molar-refractivity contribution is -0.124. The van der Waals surface area contributed by atoms with E-state index >= 15 is 0 Å². The second kappa shape index (κ2) is 6.96. The van der Waals surface area contributed by atoms with Gasteiger partial charge in [-0.05, 0) is 49.7 Å². The molecule has 4 heteroatoms. The van der Waals surface area contributed by atoms with Gasteiger partial charge in [-0.2, -0.15) is 0 Å². The minimum absolute atomic E-state index is 0.0367. The van der Waals surface area contributed by atoms with Crippen LogP contribution in [0.3, 0.4) is 0 Å². The first-order valence-electron chi connectivity index (χ1n) is 9.15. The summed E-state index contributed by atoms with van der Waals surface area (Å²) in [4.78, 5) is 25.2. The molecule has 3 rings (SSSR count). The smallest absolute Gasteiger partial charge is 0.251 e. The van der Waals surface area contributed by atoms with Gasteiger partial charge < -0.3 is 10.6 Å². The van der Waals surface area contributed by atoms with Gasteiger partial charge in [-0.3, -0.25) is 9.59 Å². The van der Waals surface area contributed by atoms with Crippen LogP contribution in [0.1, 0.15) is 55.5 Å². The lowest BCUT2D eigenvalue weighted by Gasteiger charge is -2.22. The summed E-state index contributed by atoms with van der Waals surface area (Å²) in [6.07, 6.45) is 5.03. The molecule has 4 nitrogen and oxygen atoms in total. The van der Waals surface area contributed by atoms with E-state index in [0.717, 1.165) is 5.56 Å². The van der Waals surface area contributed by atoms with E-state index in [4.69, 9.17) is 0 Å². The number of rotatable bonds is 5. The molecule has 0 bridgehead atoms. The van der Waals surface area contributed by atoms with Crippen LogP contribution >= 0.6 is 0 Å². The second-order valence-electron chi connectivity index (χ2n) is 7.71. The number of hydrogen-bond acceptors (Lipinski definition) is 2. The predicted molar refractivity (Wildman–Crippen MR) is 94.6 cm³/mol. The molecule has 0 unspecified atom stereocenters. The Morgan fingerprint density at radius 1 is 1.12 bits per heavy atom. The van der Waals surface area contributed by atoms with Crippen LogP contribution in [0.5, 0.6) is 0 Å². The molecule has 0 radical (unpaired) electrons. The van der Waals surface area contributed by atoms with Crippen LogP contribution in [0.4, 0.5) is 0 Å². The van der Waals surface area contributed by atoms with Crippen molar-refractivity contribution < 1.29 is 9.59 Å². The normalized spacial score (nSPS) is 26.4. The van der Waals surface area contributed by atoms with Crippen LogP contribution in [0.15, 0.2) is 24.3 Å². The molecule has 2 aliphatic carbocycles.